The lowest BCUT2D eigenvalue weighted by atomic mass is 10.1. The third-order valence-corrected chi connectivity index (χ3v) is 1.71. The van der Waals surface area contributed by atoms with E-state index < -0.39 is 12.0 Å². The van der Waals surface area contributed by atoms with Gasteiger partial charge in [-0.3, -0.25) is 4.79 Å². The van der Waals surface area contributed by atoms with Crippen molar-refractivity contribution < 1.29 is 47.9 Å². The Hall–Kier alpha value is -0.193. The van der Waals surface area contributed by atoms with Gasteiger partial charge in [0.15, 0.2) is 0 Å². The lowest BCUT2D eigenvalue weighted by molar-refractivity contribution is -0.138. The van der Waals surface area contributed by atoms with Gasteiger partial charge in [0.25, 0.3) is 0 Å². The molecule has 0 fully saturated rings. The minimum atomic E-state index is -1.02. The van der Waals surface area contributed by atoms with E-state index in [0.29, 0.717) is 0 Å². The molecule has 127 valence electrons. The van der Waals surface area contributed by atoms with Gasteiger partial charge in [-0.25, -0.2) is 0 Å². The van der Waals surface area contributed by atoms with E-state index >= 15 is 0 Å². The van der Waals surface area contributed by atoms with Crippen molar-refractivity contribution in [2.75, 3.05) is 0 Å². The van der Waals surface area contributed by atoms with Gasteiger partial charge in [0.2, 0.25) is 0 Å². The van der Waals surface area contributed by atoms with Crippen molar-refractivity contribution in [1.29, 1.82) is 0 Å². The van der Waals surface area contributed by atoms with E-state index in [2.05, 4.69) is 0 Å². The topological polar surface area (TPSA) is 273 Å². The predicted molar refractivity (Wildman–Crippen MR) is 86.4 cm³/mol. The van der Waals surface area contributed by atoms with Crippen molar-refractivity contribution in [3.63, 3.8) is 0 Å². The smallest absolute Gasteiger partial charge is 0.320 e. The van der Waals surface area contributed by atoms with Gasteiger partial charge in [0.1, 0.15) is 11.8 Å². The Morgan fingerprint density at radius 1 is 0.909 bits per heavy atom. The van der Waals surface area contributed by atoms with Crippen LogP contribution in [-0.4, -0.2) is 107 Å². The second-order valence-electron chi connectivity index (χ2n) is 2.82. The number of rotatable bonds is 3. The number of carboxylic acid groups (broad SMARTS) is 1. The second-order valence-corrected chi connectivity index (χ2v) is 2.82. The SMILES string of the molecule is N[C@@H](Cc1ccc(O)cc1)C(=O)O.O.O.O.O.O.O.[Al].[Al].[Al]. The minimum absolute atomic E-state index is 0. The number of hydrogen-bond donors (Lipinski definition) is 3. The Morgan fingerprint density at radius 2 is 1.23 bits per heavy atom. The zero-order chi connectivity index (χ0) is 9.84. The van der Waals surface area contributed by atoms with Crippen molar-refractivity contribution >= 4 is 58.1 Å². The molecule has 0 unspecified atom stereocenters. The summed E-state index contributed by atoms with van der Waals surface area (Å²) in [5.41, 5.74) is 6.12. The Kier molecular flexibility index (Phi) is 75.6. The lowest BCUT2D eigenvalue weighted by Gasteiger charge is -2.05. The Balaban J connectivity index is -0.0000000268. The van der Waals surface area contributed by atoms with Crippen LogP contribution >= 0.6 is 0 Å². The van der Waals surface area contributed by atoms with Gasteiger partial charge in [-0.05, 0) is 24.1 Å². The largest absolute Gasteiger partial charge is 0.508 e. The molecule has 1 rings (SSSR count). The Bertz CT molecular complexity index is 316. The quantitative estimate of drug-likeness (QED) is 0.438. The van der Waals surface area contributed by atoms with Gasteiger partial charge in [-0.15, -0.1) is 0 Å². The van der Waals surface area contributed by atoms with Gasteiger partial charge >= 0.3 is 5.97 Å². The van der Waals surface area contributed by atoms with Gasteiger partial charge < -0.3 is 48.8 Å². The zero-order valence-electron chi connectivity index (χ0n) is 11.7. The maximum Gasteiger partial charge on any atom is 0.320 e. The number of phenolic OH excluding ortho intramolecular Hbond substituents is 1. The molecule has 0 saturated carbocycles. The normalized spacial score (nSPS) is 7.32. The summed E-state index contributed by atoms with van der Waals surface area (Å²) < 4.78 is 0. The molecule has 13 heteroatoms. The molecular formula is C9H23Al3NO9. The molecule has 0 aliphatic heterocycles. The zero-order valence-corrected chi connectivity index (χ0v) is 15.2. The van der Waals surface area contributed by atoms with Crippen LogP contribution in [0.4, 0.5) is 0 Å². The number of hydrogen-bond acceptors (Lipinski definition) is 3. The highest BCUT2D eigenvalue weighted by Gasteiger charge is 2.11. The molecule has 0 bridgehead atoms. The highest BCUT2D eigenvalue weighted by atomic mass is 27.0. The van der Waals surface area contributed by atoms with E-state index in [1.165, 1.54) is 12.1 Å². The minimum Gasteiger partial charge on any atom is -0.508 e. The summed E-state index contributed by atoms with van der Waals surface area (Å²) in [7, 11) is 0. The molecular weight excluding hydrogens is 347 g/mol. The summed E-state index contributed by atoms with van der Waals surface area (Å²) in [4.78, 5) is 10.4. The Labute approximate surface area is 159 Å². The molecule has 10 nitrogen and oxygen atoms in total. The van der Waals surface area contributed by atoms with Crippen molar-refractivity contribution in [2.45, 2.75) is 12.5 Å². The predicted octanol–water partition coefficient (Wildman–Crippen LogP) is -5.74. The van der Waals surface area contributed by atoms with Crippen molar-refractivity contribution in [3.8, 4) is 5.75 Å². The maximum absolute atomic E-state index is 10.4. The molecule has 1 atom stereocenters. The standard InChI is InChI=1S/C9H11NO3.3Al.6H2O/c10-8(9(12)13)5-6-1-3-7(11)4-2-6;;;;;;;;;/h1-4,8,11H,5,10H2,(H,12,13);;;;6*1H2/t8-;;;;;;;;;/m0........./s1. The number of carboxylic acids is 1. The molecule has 0 aliphatic rings. The van der Waals surface area contributed by atoms with E-state index in [9.17, 15) is 4.79 Å². The first kappa shape index (κ1) is 57.6. The van der Waals surface area contributed by atoms with Gasteiger partial charge in [0.05, 0.1) is 0 Å². The van der Waals surface area contributed by atoms with Crippen LogP contribution in [0.15, 0.2) is 24.3 Å². The fourth-order valence-electron chi connectivity index (χ4n) is 0.973. The van der Waals surface area contributed by atoms with E-state index in [1.807, 2.05) is 0 Å². The molecule has 16 N–H and O–H groups in total. The van der Waals surface area contributed by atoms with Crippen LogP contribution in [0, 0.1) is 0 Å². The highest BCUT2D eigenvalue weighted by Crippen LogP contribution is 2.10. The van der Waals surface area contributed by atoms with Crippen LogP contribution in [0.5, 0.6) is 5.75 Å². The van der Waals surface area contributed by atoms with Crippen LogP contribution < -0.4 is 5.73 Å². The highest BCUT2D eigenvalue weighted by molar-refractivity contribution is 5.76. The number of phenols is 1. The molecule has 0 aromatic heterocycles. The fraction of sp³-hybridized carbons (Fsp3) is 0.222. The third kappa shape index (κ3) is 22.1. The maximum atomic E-state index is 10.4. The molecule has 0 amide bonds. The van der Waals surface area contributed by atoms with E-state index in [0.717, 1.165) is 5.56 Å². The monoisotopic (exact) mass is 370 g/mol. The molecule has 1 aromatic rings. The van der Waals surface area contributed by atoms with Gasteiger partial charge in [0, 0.05) is 52.1 Å². The van der Waals surface area contributed by atoms with Gasteiger partial charge in [-0.1, -0.05) is 12.1 Å². The molecule has 1 aromatic carbocycles. The number of benzene rings is 1. The van der Waals surface area contributed by atoms with E-state index in [4.69, 9.17) is 15.9 Å². The van der Waals surface area contributed by atoms with Crippen LogP contribution in [0.3, 0.4) is 0 Å². The van der Waals surface area contributed by atoms with Crippen molar-refractivity contribution in [1.82, 2.24) is 0 Å². The first-order valence-electron chi connectivity index (χ1n) is 3.86. The second kappa shape index (κ2) is 28.9. The number of nitrogens with two attached hydrogens (primary N) is 1. The van der Waals surface area contributed by atoms with Crippen LogP contribution in [0.1, 0.15) is 5.56 Å². The van der Waals surface area contributed by atoms with E-state index in [-0.39, 0.29) is 97.1 Å². The summed E-state index contributed by atoms with van der Waals surface area (Å²) in [6.45, 7) is 0. The van der Waals surface area contributed by atoms with Crippen LogP contribution in [0.2, 0.25) is 0 Å². The first-order valence-corrected chi connectivity index (χ1v) is 3.86. The number of aliphatic carboxylic acids is 1. The Morgan fingerprint density at radius 3 is 1.50 bits per heavy atom. The lowest BCUT2D eigenvalue weighted by Crippen LogP contribution is -2.32. The van der Waals surface area contributed by atoms with Crippen LogP contribution in [-0.2, 0) is 11.2 Å². The molecule has 0 saturated heterocycles. The molecule has 22 heavy (non-hydrogen) atoms. The van der Waals surface area contributed by atoms with Crippen molar-refractivity contribution in [2.24, 2.45) is 5.73 Å². The summed E-state index contributed by atoms with van der Waals surface area (Å²) in [5.74, 6) is -0.860. The summed E-state index contributed by atoms with van der Waals surface area (Å²) in [6.07, 6.45) is 0.273. The molecule has 9 radical (unpaired) electrons. The molecule has 0 spiro atoms. The molecule has 0 aliphatic carbocycles. The summed E-state index contributed by atoms with van der Waals surface area (Å²) in [5, 5.41) is 17.5. The van der Waals surface area contributed by atoms with Gasteiger partial charge in [-0.2, -0.15) is 0 Å². The first-order chi connectivity index (χ1) is 6.09. The average molecular weight is 370 g/mol. The third-order valence-electron chi connectivity index (χ3n) is 1.71. The summed E-state index contributed by atoms with van der Waals surface area (Å²) >= 11 is 0. The summed E-state index contributed by atoms with van der Waals surface area (Å²) in [6, 6.07) is 5.42. The fourth-order valence-corrected chi connectivity index (χ4v) is 0.973. The number of aromatic hydroxyl groups is 1. The van der Waals surface area contributed by atoms with Crippen molar-refractivity contribution in [3.05, 3.63) is 29.8 Å². The van der Waals surface area contributed by atoms with Crippen LogP contribution in [0.25, 0.3) is 0 Å². The van der Waals surface area contributed by atoms with E-state index in [1.54, 1.807) is 12.1 Å². The molecule has 0 heterocycles. The number of carbonyl (C=O) groups is 1. The average Bonchev–Trinajstić information content (AvgIpc) is 2.08.